The molecule has 0 spiro atoms. The zero-order chi connectivity index (χ0) is 15.6. The fourth-order valence-corrected chi connectivity index (χ4v) is 2.15. The second kappa shape index (κ2) is 6.10. The molecule has 0 aliphatic heterocycles. The molecule has 0 bridgehead atoms. The van der Waals surface area contributed by atoms with E-state index in [1.165, 1.54) is 0 Å². The summed E-state index contributed by atoms with van der Waals surface area (Å²) in [5.41, 5.74) is 2.69. The summed E-state index contributed by atoms with van der Waals surface area (Å²) in [5.74, 6) is 0.0347. The molecule has 2 N–H and O–H groups in total. The van der Waals surface area contributed by atoms with Crippen molar-refractivity contribution in [3.8, 4) is 0 Å². The van der Waals surface area contributed by atoms with Crippen LogP contribution in [0, 0.1) is 0 Å². The molecule has 1 atom stereocenters. The van der Waals surface area contributed by atoms with Crippen LogP contribution < -0.4 is 5.32 Å². The standard InChI is InChI=1S/C16H21N3O2/c1-10(2)14-9-15(19(4)18-14)16(21)17-13-8-6-5-7-12(13)11(3)20/h5-11,20H,1-4H3,(H,17,21)/t11-/m0/s1. The van der Waals surface area contributed by atoms with Crippen molar-refractivity contribution >= 4 is 11.6 Å². The smallest absolute Gasteiger partial charge is 0.273 e. The first-order chi connectivity index (χ1) is 9.90. The highest BCUT2D eigenvalue weighted by Gasteiger charge is 2.17. The maximum Gasteiger partial charge on any atom is 0.273 e. The Labute approximate surface area is 124 Å². The minimum Gasteiger partial charge on any atom is -0.389 e. The average Bonchev–Trinajstić information content (AvgIpc) is 2.81. The van der Waals surface area contributed by atoms with Crippen LogP contribution in [0.4, 0.5) is 5.69 Å². The zero-order valence-electron chi connectivity index (χ0n) is 12.8. The summed E-state index contributed by atoms with van der Waals surface area (Å²) in [6.07, 6.45) is -0.640. The van der Waals surface area contributed by atoms with Gasteiger partial charge in [0.15, 0.2) is 0 Å². The van der Waals surface area contributed by atoms with Gasteiger partial charge in [-0.05, 0) is 25.0 Å². The molecule has 21 heavy (non-hydrogen) atoms. The van der Waals surface area contributed by atoms with Crippen LogP contribution in [0.5, 0.6) is 0 Å². The Balaban J connectivity index is 2.26. The summed E-state index contributed by atoms with van der Waals surface area (Å²) in [7, 11) is 1.75. The predicted octanol–water partition coefficient (Wildman–Crippen LogP) is 2.85. The highest BCUT2D eigenvalue weighted by atomic mass is 16.3. The van der Waals surface area contributed by atoms with Gasteiger partial charge in [-0.3, -0.25) is 9.48 Å². The molecule has 1 heterocycles. The third-order valence-corrected chi connectivity index (χ3v) is 3.38. The van der Waals surface area contributed by atoms with Gasteiger partial charge in [-0.1, -0.05) is 32.0 Å². The van der Waals surface area contributed by atoms with E-state index in [2.05, 4.69) is 10.4 Å². The number of benzene rings is 1. The number of para-hydroxylation sites is 1. The largest absolute Gasteiger partial charge is 0.389 e. The van der Waals surface area contributed by atoms with Crippen LogP contribution in [0.1, 0.15) is 54.5 Å². The van der Waals surface area contributed by atoms with Gasteiger partial charge in [0, 0.05) is 18.3 Å². The van der Waals surface area contributed by atoms with Crippen LogP contribution in [-0.2, 0) is 7.05 Å². The van der Waals surface area contributed by atoms with Crippen molar-refractivity contribution in [2.75, 3.05) is 5.32 Å². The Bertz CT molecular complexity index is 645. The van der Waals surface area contributed by atoms with Crippen molar-refractivity contribution < 1.29 is 9.90 Å². The van der Waals surface area contributed by atoms with Gasteiger partial charge in [0.05, 0.1) is 11.8 Å². The van der Waals surface area contributed by atoms with Gasteiger partial charge in [0.1, 0.15) is 5.69 Å². The van der Waals surface area contributed by atoms with E-state index in [4.69, 9.17) is 0 Å². The third kappa shape index (κ3) is 3.31. The number of nitrogens with one attached hydrogen (secondary N) is 1. The summed E-state index contributed by atoms with van der Waals surface area (Å²) in [6, 6.07) is 9.02. The van der Waals surface area contributed by atoms with Gasteiger partial charge in [-0.15, -0.1) is 0 Å². The molecular formula is C16H21N3O2. The van der Waals surface area contributed by atoms with E-state index in [9.17, 15) is 9.90 Å². The van der Waals surface area contributed by atoms with E-state index >= 15 is 0 Å². The summed E-state index contributed by atoms with van der Waals surface area (Å²) in [4.78, 5) is 12.4. The number of aryl methyl sites for hydroxylation is 1. The molecule has 0 unspecified atom stereocenters. The van der Waals surface area contributed by atoms with E-state index in [-0.39, 0.29) is 11.8 Å². The van der Waals surface area contributed by atoms with E-state index in [0.717, 1.165) is 5.69 Å². The number of carbonyl (C=O) groups is 1. The fraction of sp³-hybridized carbons (Fsp3) is 0.375. The second-order valence-electron chi connectivity index (χ2n) is 5.45. The van der Waals surface area contributed by atoms with Crippen LogP contribution in [0.25, 0.3) is 0 Å². The fourth-order valence-electron chi connectivity index (χ4n) is 2.15. The summed E-state index contributed by atoms with van der Waals surface area (Å²) in [6.45, 7) is 5.74. The molecule has 1 aromatic carbocycles. The number of aromatic nitrogens is 2. The quantitative estimate of drug-likeness (QED) is 0.908. The van der Waals surface area contributed by atoms with Gasteiger partial charge >= 0.3 is 0 Å². The van der Waals surface area contributed by atoms with Crippen molar-refractivity contribution in [2.24, 2.45) is 7.05 Å². The van der Waals surface area contributed by atoms with Gasteiger partial charge in [-0.2, -0.15) is 5.10 Å². The van der Waals surface area contributed by atoms with Crippen LogP contribution in [-0.4, -0.2) is 20.8 Å². The van der Waals surface area contributed by atoms with E-state index in [1.807, 2.05) is 26.0 Å². The van der Waals surface area contributed by atoms with Crippen molar-refractivity contribution in [3.05, 3.63) is 47.3 Å². The first-order valence-electron chi connectivity index (χ1n) is 7.02. The Morgan fingerprint density at radius 3 is 2.52 bits per heavy atom. The average molecular weight is 287 g/mol. The lowest BCUT2D eigenvalue weighted by Gasteiger charge is -2.12. The molecule has 0 aliphatic rings. The van der Waals surface area contributed by atoms with Gasteiger partial charge in [0.2, 0.25) is 0 Å². The normalized spacial score (nSPS) is 12.5. The Kier molecular flexibility index (Phi) is 4.43. The lowest BCUT2D eigenvalue weighted by atomic mass is 10.1. The molecule has 5 nitrogen and oxygen atoms in total. The molecular weight excluding hydrogens is 266 g/mol. The molecule has 1 amide bonds. The molecule has 5 heteroatoms. The first-order valence-corrected chi connectivity index (χ1v) is 7.02. The van der Waals surface area contributed by atoms with Crippen LogP contribution in [0.3, 0.4) is 0 Å². The minimum absolute atomic E-state index is 0.231. The first kappa shape index (κ1) is 15.3. The number of aliphatic hydroxyl groups excluding tert-OH is 1. The van der Waals surface area contributed by atoms with Crippen LogP contribution in [0.2, 0.25) is 0 Å². The van der Waals surface area contributed by atoms with Crippen LogP contribution >= 0.6 is 0 Å². The summed E-state index contributed by atoms with van der Waals surface area (Å²) >= 11 is 0. The predicted molar refractivity (Wildman–Crippen MR) is 82.3 cm³/mol. The molecule has 1 aromatic heterocycles. The van der Waals surface area contributed by atoms with Crippen molar-refractivity contribution in [2.45, 2.75) is 32.8 Å². The maximum absolute atomic E-state index is 12.4. The third-order valence-electron chi connectivity index (χ3n) is 3.38. The van der Waals surface area contributed by atoms with Gasteiger partial charge in [-0.25, -0.2) is 0 Å². The highest BCUT2D eigenvalue weighted by Crippen LogP contribution is 2.23. The van der Waals surface area contributed by atoms with Crippen molar-refractivity contribution in [1.82, 2.24) is 9.78 Å². The summed E-state index contributed by atoms with van der Waals surface area (Å²) < 4.78 is 1.58. The lowest BCUT2D eigenvalue weighted by molar-refractivity contribution is 0.101. The number of amides is 1. The molecule has 0 saturated carbocycles. The Morgan fingerprint density at radius 1 is 1.29 bits per heavy atom. The Hall–Kier alpha value is -2.14. The van der Waals surface area contributed by atoms with Gasteiger partial charge < -0.3 is 10.4 Å². The van der Waals surface area contributed by atoms with Gasteiger partial charge in [0.25, 0.3) is 5.91 Å². The van der Waals surface area contributed by atoms with Crippen molar-refractivity contribution in [3.63, 3.8) is 0 Å². The second-order valence-corrected chi connectivity index (χ2v) is 5.45. The zero-order valence-corrected chi connectivity index (χ0v) is 12.8. The van der Waals surface area contributed by atoms with E-state index < -0.39 is 6.10 Å². The molecule has 2 rings (SSSR count). The Morgan fingerprint density at radius 2 is 1.95 bits per heavy atom. The number of aliphatic hydroxyl groups is 1. The van der Waals surface area contributed by atoms with E-state index in [1.54, 1.807) is 36.9 Å². The number of hydrogen-bond donors (Lipinski definition) is 2. The highest BCUT2D eigenvalue weighted by molar-refractivity contribution is 6.03. The lowest BCUT2D eigenvalue weighted by Crippen LogP contribution is -2.17. The molecule has 0 radical (unpaired) electrons. The van der Waals surface area contributed by atoms with E-state index in [0.29, 0.717) is 16.9 Å². The summed E-state index contributed by atoms with van der Waals surface area (Å²) in [5, 5.41) is 16.9. The SMILES string of the molecule is CC(C)c1cc(C(=O)Nc2ccccc2[C@H](C)O)n(C)n1. The molecule has 0 saturated heterocycles. The maximum atomic E-state index is 12.4. The molecule has 0 aliphatic carbocycles. The minimum atomic E-state index is -0.640. The number of anilines is 1. The molecule has 112 valence electrons. The monoisotopic (exact) mass is 287 g/mol. The molecule has 0 fully saturated rings. The van der Waals surface area contributed by atoms with Crippen molar-refractivity contribution in [1.29, 1.82) is 0 Å². The number of rotatable bonds is 4. The number of nitrogens with zero attached hydrogens (tertiary/aromatic N) is 2. The topological polar surface area (TPSA) is 67.2 Å². The molecule has 2 aromatic rings. The number of carbonyl (C=O) groups excluding carboxylic acids is 1. The number of hydrogen-bond acceptors (Lipinski definition) is 3. The van der Waals surface area contributed by atoms with Crippen LogP contribution in [0.15, 0.2) is 30.3 Å².